The van der Waals surface area contributed by atoms with Gasteiger partial charge in [0.2, 0.25) is 0 Å². The molecule has 4 rings (SSSR count). The Balaban J connectivity index is 1.89. The zero-order valence-corrected chi connectivity index (χ0v) is 18.5. The molecule has 30 heavy (non-hydrogen) atoms. The number of benzene rings is 1. The third-order valence-electron chi connectivity index (χ3n) is 6.28. The minimum atomic E-state index is -0.370. The molecule has 1 aliphatic rings. The molecule has 3 heterocycles. The number of likely N-dealkylation sites (tertiary alicyclic amines) is 1. The van der Waals surface area contributed by atoms with E-state index in [9.17, 15) is 9.59 Å². The Hall–Kier alpha value is -2.38. The summed E-state index contributed by atoms with van der Waals surface area (Å²) in [5.41, 5.74) is 1.09. The van der Waals surface area contributed by atoms with Gasteiger partial charge in [0.05, 0.1) is 13.1 Å². The van der Waals surface area contributed by atoms with E-state index in [1.807, 2.05) is 28.8 Å². The van der Waals surface area contributed by atoms with Crippen LogP contribution in [0.2, 0.25) is 5.02 Å². The monoisotopic (exact) mass is 429 g/mol. The molecule has 0 aliphatic carbocycles. The highest BCUT2D eigenvalue weighted by atomic mass is 35.5. The second kappa shape index (κ2) is 8.40. The summed E-state index contributed by atoms with van der Waals surface area (Å²) in [5.74, 6) is 0.795. The predicted molar refractivity (Wildman–Crippen MR) is 119 cm³/mol. The lowest BCUT2D eigenvalue weighted by atomic mass is 10.00. The fraction of sp³-hybridized carbons (Fsp3) is 0.500. The van der Waals surface area contributed by atoms with Gasteiger partial charge in [-0.15, -0.1) is 0 Å². The van der Waals surface area contributed by atoms with Crippen LogP contribution in [0, 0.1) is 0 Å². The average Bonchev–Trinajstić information content (AvgIpc) is 3.10. The number of hydrogen-bond donors (Lipinski definition) is 0. The van der Waals surface area contributed by atoms with E-state index in [0.29, 0.717) is 35.3 Å². The molecule has 3 aromatic rings. The molecule has 1 saturated heterocycles. The van der Waals surface area contributed by atoms with E-state index in [2.05, 4.69) is 11.8 Å². The Morgan fingerprint density at radius 3 is 2.60 bits per heavy atom. The number of imidazole rings is 1. The molecule has 0 bridgehead atoms. The summed E-state index contributed by atoms with van der Waals surface area (Å²) in [6.07, 6.45) is 4.69. The van der Waals surface area contributed by atoms with E-state index in [4.69, 9.17) is 16.6 Å². The molecule has 1 fully saturated rings. The Labute approximate surface area is 180 Å². The number of halogens is 1. The molecule has 0 amide bonds. The summed E-state index contributed by atoms with van der Waals surface area (Å²) in [7, 11) is 3.17. The summed E-state index contributed by atoms with van der Waals surface area (Å²) < 4.78 is 4.54. The third kappa shape index (κ3) is 3.61. The van der Waals surface area contributed by atoms with Gasteiger partial charge >= 0.3 is 5.69 Å². The van der Waals surface area contributed by atoms with Gasteiger partial charge < -0.3 is 4.57 Å². The number of nitrogens with zero attached hydrogens (tertiary/aromatic N) is 5. The van der Waals surface area contributed by atoms with Crippen LogP contribution in [-0.4, -0.2) is 36.2 Å². The highest BCUT2D eigenvalue weighted by Crippen LogP contribution is 2.24. The van der Waals surface area contributed by atoms with Gasteiger partial charge in [0.15, 0.2) is 11.2 Å². The Kier molecular flexibility index (Phi) is 5.84. The highest BCUT2D eigenvalue weighted by Gasteiger charge is 2.25. The van der Waals surface area contributed by atoms with Crippen molar-refractivity contribution in [3.05, 3.63) is 61.5 Å². The van der Waals surface area contributed by atoms with Crippen molar-refractivity contribution < 1.29 is 0 Å². The lowest BCUT2D eigenvalue weighted by Gasteiger charge is -2.34. The van der Waals surface area contributed by atoms with Crippen molar-refractivity contribution in [1.82, 2.24) is 23.6 Å². The molecule has 1 atom stereocenters. The molecular weight excluding hydrogens is 402 g/mol. The maximum Gasteiger partial charge on any atom is 0.332 e. The molecule has 7 nitrogen and oxygen atoms in total. The minimum absolute atomic E-state index is 0.329. The van der Waals surface area contributed by atoms with Crippen LogP contribution in [0.25, 0.3) is 11.2 Å². The first-order valence-corrected chi connectivity index (χ1v) is 10.9. The van der Waals surface area contributed by atoms with Crippen LogP contribution in [0.4, 0.5) is 0 Å². The van der Waals surface area contributed by atoms with Crippen LogP contribution < -0.4 is 11.2 Å². The summed E-state index contributed by atoms with van der Waals surface area (Å²) in [4.78, 5) is 32.8. The van der Waals surface area contributed by atoms with Gasteiger partial charge in [0.1, 0.15) is 5.82 Å². The second-order valence-corrected chi connectivity index (χ2v) is 8.52. The van der Waals surface area contributed by atoms with Crippen molar-refractivity contribution >= 4 is 22.8 Å². The largest absolute Gasteiger partial charge is 0.332 e. The van der Waals surface area contributed by atoms with E-state index in [1.165, 1.54) is 30.9 Å². The molecule has 0 radical (unpaired) electrons. The number of piperidine rings is 1. The quantitative estimate of drug-likeness (QED) is 0.625. The van der Waals surface area contributed by atoms with Crippen LogP contribution in [0.1, 0.15) is 44.0 Å². The van der Waals surface area contributed by atoms with Gasteiger partial charge in [-0.3, -0.25) is 18.8 Å². The third-order valence-corrected chi connectivity index (χ3v) is 6.65. The van der Waals surface area contributed by atoms with Crippen LogP contribution in [-0.2, 0) is 27.2 Å². The topological polar surface area (TPSA) is 65.1 Å². The van der Waals surface area contributed by atoms with Gasteiger partial charge in [-0.2, -0.15) is 0 Å². The standard InChI is InChI=1S/C22H28ClN5O2/c1-4-16-10-7-8-12-27(16)14-18-24-20-19(21(29)26(3)22(30)25(20)2)28(18)13-15-9-5-6-11-17(15)23/h5-6,9,11,16H,4,7-8,10,12-14H2,1-3H3. The number of aryl methyl sites for hydroxylation is 1. The highest BCUT2D eigenvalue weighted by molar-refractivity contribution is 6.31. The van der Waals surface area contributed by atoms with Crippen molar-refractivity contribution in [2.24, 2.45) is 14.1 Å². The number of fused-ring (bicyclic) bond motifs is 1. The van der Waals surface area contributed by atoms with Gasteiger partial charge in [0, 0.05) is 25.2 Å². The molecule has 1 aliphatic heterocycles. The minimum Gasteiger partial charge on any atom is -0.316 e. The van der Waals surface area contributed by atoms with Gasteiger partial charge in [-0.05, 0) is 37.4 Å². The fourth-order valence-corrected chi connectivity index (χ4v) is 4.69. The average molecular weight is 430 g/mol. The first-order chi connectivity index (χ1) is 14.4. The zero-order chi connectivity index (χ0) is 21.4. The molecule has 2 aromatic heterocycles. The van der Waals surface area contributed by atoms with Crippen molar-refractivity contribution in [1.29, 1.82) is 0 Å². The summed E-state index contributed by atoms with van der Waals surface area (Å²) >= 11 is 6.43. The van der Waals surface area contributed by atoms with Crippen LogP contribution in [0.15, 0.2) is 33.9 Å². The van der Waals surface area contributed by atoms with Gasteiger partial charge in [0.25, 0.3) is 5.56 Å². The molecule has 160 valence electrons. The summed E-state index contributed by atoms with van der Waals surface area (Å²) in [6, 6.07) is 8.15. The fourth-order valence-electron chi connectivity index (χ4n) is 4.49. The van der Waals surface area contributed by atoms with Crippen molar-refractivity contribution in [2.45, 2.75) is 51.7 Å². The lowest BCUT2D eigenvalue weighted by Crippen LogP contribution is -2.39. The smallest absolute Gasteiger partial charge is 0.316 e. The van der Waals surface area contributed by atoms with Crippen LogP contribution in [0.5, 0.6) is 0 Å². The van der Waals surface area contributed by atoms with E-state index in [-0.39, 0.29) is 11.2 Å². The predicted octanol–water partition coefficient (Wildman–Crippen LogP) is 2.90. The molecule has 0 spiro atoms. The normalized spacial score (nSPS) is 17.7. The molecule has 8 heteroatoms. The Bertz CT molecular complexity index is 1190. The van der Waals surface area contributed by atoms with Crippen LogP contribution >= 0.6 is 11.6 Å². The summed E-state index contributed by atoms with van der Waals surface area (Å²) in [5, 5.41) is 0.649. The van der Waals surface area contributed by atoms with Gasteiger partial charge in [-0.25, -0.2) is 9.78 Å². The molecule has 0 N–H and O–H groups in total. The summed E-state index contributed by atoms with van der Waals surface area (Å²) in [6.45, 7) is 4.32. The van der Waals surface area contributed by atoms with E-state index < -0.39 is 0 Å². The van der Waals surface area contributed by atoms with Crippen molar-refractivity contribution in [3.8, 4) is 0 Å². The first-order valence-electron chi connectivity index (χ1n) is 10.5. The van der Waals surface area contributed by atoms with Gasteiger partial charge in [-0.1, -0.05) is 43.1 Å². The second-order valence-electron chi connectivity index (χ2n) is 8.11. The lowest BCUT2D eigenvalue weighted by molar-refractivity contribution is 0.131. The number of rotatable bonds is 5. The SMILES string of the molecule is CCC1CCCCN1Cc1nc2c(c(=O)n(C)c(=O)n2C)n1Cc1ccccc1Cl. The number of hydrogen-bond acceptors (Lipinski definition) is 4. The van der Waals surface area contributed by atoms with Crippen molar-refractivity contribution in [2.75, 3.05) is 6.54 Å². The van der Waals surface area contributed by atoms with E-state index >= 15 is 0 Å². The van der Waals surface area contributed by atoms with Crippen molar-refractivity contribution in [3.63, 3.8) is 0 Å². The molecule has 1 aromatic carbocycles. The molecule has 0 saturated carbocycles. The molecule has 1 unspecified atom stereocenters. The zero-order valence-electron chi connectivity index (χ0n) is 17.8. The maximum atomic E-state index is 13.1. The first kappa shape index (κ1) is 20.9. The molecular formula is C22H28ClN5O2. The van der Waals surface area contributed by atoms with E-state index in [1.54, 1.807) is 7.05 Å². The number of aromatic nitrogens is 4. The Morgan fingerprint density at radius 2 is 1.87 bits per heavy atom. The van der Waals surface area contributed by atoms with Crippen LogP contribution in [0.3, 0.4) is 0 Å². The van der Waals surface area contributed by atoms with E-state index in [0.717, 1.165) is 28.9 Å². The Morgan fingerprint density at radius 1 is 1.10 bits per heavy atom. The maximum absolute atomic E-state index is 13.1.